The van der Waals surface area contributed by atoms with Crippen molar-refractivity contribution in [2.45, 2.75) is 30.7 Å². The van der Waals surface area contributed by atoms with Crippen LogP contribution in [0.25, 0.3) is 50.6 Å². The van der Waals surface area contributed by atoms with Gasteiger partial charge in [-0.25, -0.2) is 15.0 Å². The molecule has 0 spiro atoms. The molecule has 0 bridgehead atoms. The van der Waals surface area contributed by atoms with Gasteiger partial charge in [0.15, 0.2) is 11.5 Å². The number of rotatable bonds is 5. The third-order valence-electron chi connectivity index (χ3n) is 8.25. The van der Waals surface area contributed by atoms with Crippen LogP contribution in [0.1, 0.15) is 18.4 Å². The van der Waals surface area contributed by atoms with Crippen LogP contribution >= 0.6 is 0 Å². The van der Waals surface area contributed by atoms with E-state index in [0.29, 0.717) is 39.0 Å². The Morgan fingerprint density at radius 3 is 2.32 bits per heavy atom. The van der Waals surface area contributed by atoms with Crippen molar-refractivity contribution in [3.63, 3.8) is 0 Å². The van der Waals surface area contributed by atoms with Gasteiger partial charge in [0.2, 0.25) is 5.82 Å². The molecule has 220 valence electrons. The van der Waals surface area contributed by atoms with Crippen LogP contribution in [0.15, 0.2) is 91.4 Å². The standard InChI is InChI=1S/C32H24F3N7O2/c1-41(30(44)32(33,34)35)31(17-22(43)18-31)21-10-8-20(9-11-21)26-23(19-6-3-2-4-7-19)16-24-25(38-26)12-15-42-28(24)39-40-29(42)27-36-13-5-14-37-27/h2-16,22,43H,17-18H2,1H3. The number of fused-ring (bicyclic) bond motifs is 3. The molecule has 6 aromatic rings. The quantitative estimate of drug-likeness (QED) is 0.283. The van der Waals surface area contributed by atoms with E-state index < -0.39 is 23.7 Å². The van der Waals surface area contributed by atoms with Crippen LogP contribution in [0, 0.1) is 0 Å². The molecule has 0 saturated heterocycles. The lowest BCUT2D eigenvalue weighted by molar-refractivity contribution is -0.197. The van der Waals surface area contributed by atoms with E-state index in [4.69, 9.17) is 4.98 Å². The number of halogens is 3. The molecule has 1 fully saturated rings. The maximum atomic E-state index is 13.3. The van der Waals surface area contributed by atoms with Crippen molar-refractivity contribution in [1.82, 2.24) is 34.4 Å². The molecule has 0 unspecified atom stereocenters. The molecule has 1 aliphatic carbocycles. The highest BCUT2D eigenvalue weighted by atomic mass is 19.4. The Bertz CT molecular complexity index is 2010. The molecule has 4 aromatic heterocycles. The summed E-state index contributed by atoms with van der Waals surface area (Å²) in [6.45, 7) is 0. The van der Waals surface area contributed by atoms with E-state index >= 15 is 0 Å². The van der Waals surface area contributed by atoms with Gasteiger partial charge in [0, 0.05) is 55.0 Å². The highest BCUT2D eigenvalue weighted by Gasteiger charge is 2.54. The van der Waals surface area contributed by atoms with E-state index in [1.54, 1.807) is 42.7 Å². The first-order chi connectivity index (χ1) is 21.2. The monoisotopic (exact) mass is 595 g/mol. The van der Waals surface area contributed by atoms with Gasteiger partial charge in [-0.3, -0.25) is 9.20 Å². The third-order valence-corrected chi connectivity index (χ3v) is 8.25. The van der Waals surface area contributed by atoms with Gasteiger partial charge in [-0.1, -0.05) is 54.6 Å². The Morgan fingerprint density at radius 1 is 0.955 bits per heavy atom. The van der Waals surface area contributed by atoms with Crippen LogP contribution in [-0.4, -0.2) is 64.8 Å². The number of benzene rings is 2. The maximum Gasteiger partial charge on any atom is 0.471 e. The van der Waals surface area contributed by atoms with Crippen LogP contribution in [0.4, 0.5) is 13.2 Å². The molecule has 12 heteroatoms. The minimum Gasteiger partial charge on any atom is -0.393 e. The minimum absolute atomic E-state index is 0.0124. The first kappa shape index (κ1) is 27.6. The lowest BCUT2D eigenvalue weighted by Gasteiger charge is -2.51. The number of aromatic nitrogens is 6. The van der Waals surface area contributed by atoms with Crippen LogP contribution < -0.4 is 0 Å². The molecule has 1 aliphatic rings. The molecule has 0 aliphatic heterocycles. The van der Waals surface area contributed by atoms with Crippen molar-refractivity contribution in [2.24, 2.45) is 0 Å². The highest BCUT2D eigenvalue weighted by molar-refractivity contribution is 5.98. The van der Waals surface area contributed by atoms with Crippen molar-refractivity contribution in [1.29, 1.82) is 0 Å². The van der Waals surface area contributed by atoms with Gasteiger partial charge in [0.05, 0.1) is 22.9 Å². The van der Waals surface area contributed by atoms with Gasteiger partial charge >= 0.3 is 12.1 Å². The number of alkyl halides is 3. The number of hydrogen-bond donors (Lipinski definition) is 1. The molecule has 1 amide bonds. The molecule has 0 radical (unpaired) electrons. The number of aliphatic hydroxyl groups is 1. The third kappa shape index (κ3) is 4.45. The molecular weight excluding hydrogens is 571 g/mol. The van der Waals surface area contributed by atoms with Crippen molar-refractivity contribution in [2.75, 3.05) is 7.05 Å². The lowest BCUT2D eigenvalue weighted by Crippen LogP contribution is -2.59. The second-order valence-corrected chi connectivity index (χ2v) is 10.8. The van der Waals surface area contributed by atoms with Crippen molar-refractivity contribution < 1.29 is 23.1 Å². The van der Waals surface area contributed by atoms with E-state index in [0.717, 1.165) is 29.1 Å². The van der Waals surface area contributed by atoms with Gasteiger partial charge in [0.1, 0.15) is 0 Å². The molecule has 0 atom stereocenters. The van der Waals surface area contributed by atoms with E-state index in [1.807, 2.05) is 53.1 Å². The number of nitrogens with zero attached hydrogens (tertiary/aromatic N) is 7. The van der Waals surface area contributed by atoms with Gasteiger partial charge in [-0.2, -0.15) is 13.2 Å². The Hall–Kier alpha value is -5.23. The Labute approximate surface area is 248 Å². The van der Waals surface area contributed by atoms with Gasteiger partial charge in [-0.05, 0) is 29.3 Å². The zero-order valence-corrected chi connectivity index (χ0v) is 23.3. The fourth-order valence-electron chi connectivity index (χ4n) is 5.97. The fourth-order valence-corrected chi connectivity index (χ4v) is 5.97. The first-order valence-corrected chi connectivity index (χ1v) is 13.8. The van der Waals surface area contributed by atoms with Crippen LogP contribution in [-0.2, 0) is 10.3 Å². The SMILES string of the molecule is CN(C(=O)C(F)(F)F)C1(c2ccc(-c3nc4ccn5c(-c6ncccn6)nnc5c4cc3-c3ccccc3)cc2)CC(O)C1. The second kappa shape index (κ2) is 10.2. The molecule has 1 saturated carbocycles. The zero-order chi connectivity index (χ0) is 30.6. The molecule has 2 aromatic carbocycles. The van der Waals surface area contributed by atoms with Crippen molar-refractivity contribution >= 4 is 22.5 Å². The number of carbonyl (C=O) groups is 1. The Morgan fingerprint density at radius 2 is 1.66 bits per heavy atom. The van der Waals surface area contributed by atoms with Gasteiger partial charge in [-0.15, -0.1) is 10.2 Å². The summed E-state index contributed by atoms with van der Waals surface area (Å²) in [7, 11) is 1.13. The predicted molar refractivity (Wildman–Crippen MR) is 156 cm³/mol. The summed E-state index contributed by atoms with van der Waals surface area (Å²) in [5, 5.41) is 19.6. The summed E-state index contributed by atoms with van der Waals surface area (Å²) < 4.78 is 41.8. The second-order valence-electron chi connectivity index (χ2n) is 10.8. The van der Waals surface area contributed by atoms with Gasteiger partial charge < -0.3 is 10.0 Å². The van der Waals surface area contributed by atoms with Crippen LogP contribution in [0.3, 0.4) is 0 Å². The molecule has 4 heterocycles. The number of aliphatic hydroxyl groups excluding tert-OH is 1. The van der Waals surface area contributed by atoms with Crippen LogP contribution in [0.5, 0.6) is 0 Å². The molecule has 7 rings (SSSR count). The number of amides is 1. The summed E-state index contributed by atoms with van der Waals surface area (Å²) in [4.78, 5) is 26.5. The Balaban J connectivity index is 1.35. The summed E-state index contributed by atoms with van der Waals surface area (Å²) in [6, 6.07) is 22.3. The normalized spacial score (nSPS) is 18.3. The molecule has 9 nitrogen and oxygen atoms in total. The molecule has 44 heavy (non-hydrogen) atoms. The van der Waals surface area contributed by atoms with E-state index in [9.17, 15) is 23.1 Å². The number of pyridine rings is 2. The first-order valence-electron chi connectivity index (χ1n) is 13.8. The summed E-state index contributed by atoms with van der Waals surface area (Å²) in [5.74, 6) is -1.02. The topological polar surface area (TPSA) is 109 Å². The van der Waals surface area contributed by atoms with Crippen molar-refractivity contribution in [3.05, 3.63) is 97.0 Å². The lowest BCUT2D eigenvalue weighted by atomic mass is 9.68. The van der Waals surface area contributed by atoms with Gasteiger partial charge in [0.25, 0.3) is 0 Å². The summed E-state index contributed by atoms with van der Waals surface area (Å²) >= 11 is 0. The van der Waals surface area contributed by atoms with E-state index in [-0.39, 0.29) is 12.8 Å². The van der Waals surface area contributed by atoms with Crippen LogP contribution in [0.2, 0.25) is 0 Å². The predicted octanol–water partition coefficient (Wildman–Crippen LogP) is 5.44. The highest BCUT2D eigenvalue weighted by Crippen LogP contribution is 2.48. The van der Waals surface area contributed by atoms with Crippen molar-refractivity contribution in [3.8, 4) is 34.0 Å². The largest absolute Gasteiger partial charge is 0.471 e. The fraction of sp³-hybridized carbons (Fsp3) is 0.188. The average Bonchev–Trinajstić information content (AvgIpc) is 3.47. The Kier molecular flexibility index (Phi) is 6.39. The summed E-state index contributed by atoms with van der Waals surface area (Å²) in [6.07, 6.45) is -0.710. The maximum absolute atomic E-state index is 13.3. The zero-order valence-electron chi connectivity index (χ0n) is 23.3. The minimum atomic E-state index is -5.02. The molecular formula is C32H24F3N7O2. The number of hydrogen-bond acceptors (Lipinski definition) is 7. The van der Waals surface area contributed by atoms with E-state index in [2.05, 4.69) is 20.2 Å². The summed E-state index contributed by atoms with van der Waals surface area (Å²) in [5.41, 5.74) is 3.61. The van der Waals surface area contributed by atoms with E-state index in [1.165, 1.54) is 0 Å². The smallest absolute Gasteiger partial charge is 0.393 e. The molecule has 1 N–H and O–H groups in total. The number of carbonyl (C=O) groups excluding carboxylic acids is 1. The average molecular weight is 596 g/mol.